The summed E-state index contributed by atoms with van der Waals surface area (Å²) in [7, 11) is 0. The fraction of sp³-hybridized carbons (Fsp3) is 0.294. The Labute approximate surface area is 109 Å². The fourth-order valence-corrected chi connectivity index (χ4v) is 2.79. The van der Waals surface area contributed by atoms with Gasteiger partial charge in [0.1, 0.15) is 0 Å². The Morgan fingerprint density at radius 1 is 1.00 bits per heavy atom. The Morgan fingerprint density at radius 3 is 2.61 bits per heavy atom. The maximum atomic E-state index is 2.52. The van der Waals surface area contributed by atoms with Crippen LogP contribution in [0.25, 0.3) is 11.1 Å². The summed E-state index contributed by atoms with van der Waals surface area (Å²) in [4.78, 5) is 2.52. The summed E-state index contributed by atoms with van der Waals surface area (Å²) < 4.78 is 0. The highest BCUT2D eigenvalue weighted by molar-refractivity contribution is 5.69. The van der Waals surface area contributed by atoms with E-state index in [0.29, 0.717) is 0 Å². The van der Waals surface area contributed by atoms with E-state index in [-0.39, 0.29) is 0 Å². The van der Waals surface area contributed by atoms with Crippen molar-refractivity contribution in [2.75, 3.05) is 13.1 Å². The molecule has 1 heteroatoms. The highest BCUT2D eigenvalue weighted by Gasteiger charge is 2.17. The fourth-order valence-electron chi connectivity index (χ4n) is 2.79. The SMILES string of the molecule is CCN1CCc2cccc(-c3ccccc3)c2C1. The Morgan fingerprint density at radius 2 is 1.83 bits per heavy atom. The minimum absolute atomic E-state index is 1.09. The van der Waals surface area contributed by atoms with Crippen molar-refractivity contribution in [1.29, 1.82) is 0 Å². The van der Waals surface area contributed by atoms with Crippen molar-refractivity contribution < 1.29 is 0 Å². The molecule has 0 fully saturated rings. The zero-order chi connectivity index (χ0) is 12.4. The first-order valence-electron chi connectivity index (χ1n) is 6.77. The van der Waals surface area contributed by atoms with Crippen LogP contribution in [0.4, 0.5) is 0 Å². The number of fused-ring (bicyclic) bond motifs is 1. The lowest BCUT2D eigenvalue weighted by molar-refractivity contribution is 0.268. The van der Waals surface area contributed by atoms with Crippen LogP contribution in [-0.4, -0.2) is 18.0 Å². The summed E-state index contributed by atoms with van der Waals surface area (Å²) in [5.74, 6) is 0. The third-order valence-corrected chi connectivity index (χ3v) is 3.88. The molecule has 1 aliphatic heterocycles. The van der Waals surface area contributed by atoms with Crippen LogP contribution in [0.2, 0.25) is 0 Å². The number of rotatable bonds is 2. The van der Waals surface area contributed by atoms with Crippen molar-refractivity contribution in [1.82, 2.24) is 4.90 Å². The van der Waals surface area contributed by atoms with E-state index in [1.165, 1.54) is 35.2 Å². The number of hydrogen-bond acceptors (Lipinski definition) is 1. The third-order valence-electron chi connectivity index (χ3n) is 3.88. The average molecular weight is 237 g/mol. The molecule has 0 aliphatic carbocycles. The van der Waals surface area contributed by atoms with E-state index in [9.17, 15) is 0 Å². The van der Waals surface area contributed by atoms with Crippen molar-refractivity contribution in [3.63, 3.8) is 0 Å². The Bertz CT molecular complexity index is 531. The molecule has 0 bridgehead atoms. The van der Waals surface area contributed by atoms with Crippen LogP contribution < -0.4 is 0 Å². The summed E-state index contributed by atoms with van der Waals surface area (Å²) in [6.45, 7) is 5.68. The molecule has 0 unspecified atom stereocenters. The van der Waals surface area contributed by atoms with Gasteiger partial charge in [-0.3, -0.25) is 4.90 Å². The molecule has 0 radical (unpaired) electrons. The molecule has 2 aromatic carbocycles. The van der Waals surface area contributed by atoms with E-state index in [0.717, 1.165) is 13.1 Å². The monoisotopic (exact) mass is 237 g/mol. The highest BCUT2D eigenvalue weighted by Crippen LogP contribution is 2.30. The molecule has 1 heterocycles. The summed E-state index contributed by atoms with van der Waals surface area (Å²) in [5, 5.41) is 0. The molecule has 2 aromatic rings. The molecule has 0 amide bonds. The van der Waals surface area contributed by atoms with E-state index in [1.807, 2.05) is 0 Å². The van der Waals surface area contributed by atoms with Crippen molar-refractivity contribution >= 4 is 0 Å². The molecule has 3 rings (SSSR count). The van der Waals surface area contributed by atoms with Gasteiger partial charge >= 0.3 is 0 Å². The second kappa shape index (κ2) is 4.95. The summed E-state index contributed by atoms with van der Waals surface area (Å²) in [6.07, 6.45) is 1.18. The van der Waals surface area contributed by atoms with Gasteiger partial charge in [0.2, 0.25) is 0 Å². The first-order valence-corrected chi connectivity index (χ1v) is 6.77. The maximum Gasteiger partial charge on any atom is 0.0242 e. The van der Waals surface area contributed by atoms with Crippen molar-refractivity contribution in [2.24, 2.45) is 0 Å². The average Bonchev–Trinajstić information content (AvgIpc) is 2.47. The van der Waals surface area contributed by atoms with Crippen LogP contribution in [0.3, 0.4) is 0 Å². The van der Waals surface area contributed by atoms with Gasteiger partial charge in [0.05, 0.1) is 0 Å². The van der Waals surface area contributed by atoms with Crippen LogP contribution in [0.1, 0.15) is 18.1 Å². The second-order valence-electron chi connectivity index (χ2n) is 4.93. The van der Waals surface area contributed by atoms with Crippen LogP contribution in [0.15, 0.2) is 48.5 Å². The summed E-state index contributed by atoms with van der Waals surface area (Å²) in [6, 6.07) is 17.5. The number of nitrogens with zero attached hydrogens (tertiary/aromatic N) is 1. The number of likely N-dealkylation sites (N-methyl/N-ethyl adjacent to an activating group) is 1. The predicted octanol–water partition coefficient (Wildman–Crippen LogP) is 3.73. The first-order chi connectivity index (χ1) is 8.88. The smallest absolute Gasteiger partial charge is 0.0242 e. The largest absolute Gasteiger partial charge is 0.299 e. The van der Waals surface area contributed by atoms with E-state index >= 15 is 0 Å². The van der Waals surface area contributed by atoms with Gasteiger partial charge in [-0.15, -0.1) is 0 Å². The van der Waals surface area contributed by atoms with Crippen molar-refractivity contribution in [3.05, 3.63) is 59.7 Å². The molecule has 92 valence electrons. The molecule has 0 N–H and O–H groups in total. The molecule has 18 heavy (non-hydrogen) atoms. The van der Waals surface area contributed by atoms with Crippen molar-refractivity contribution in [3.8, 4) is 11.1 Å². The number of hydrogen-bond donors (Lipinski definition) is 0. The lowest BCUT2D eigenvalue weighted by atomic mass is 9.91. The molecule has 0 atom stereocenters. The van der Waals surface area contributed by atoms with E-state index in [4.69, 9.17) is 0 Å². The van der Waals surface area contributed by atoms with Gasteiger partial charge in [0.15, 0.2) is 0 Å². The Balaban J connectivity index is 2.06. The molecule has 1 aliphatic rings. The van der Waals surface area contributed by atoms with Gasteiger partial charge in [-0.1, -0.05) is 55.5 Å². The zero-order valence-electron chi connectivity index (χ0n) is 10.9. The summed E-state index contributed by atoms with van der Waals surface area (Å²) in [5.41, 5.74) is 5.80. The van der Waals surface area contributed by atoms with Gasteiger partial charge in [-0.2, -0.15) is 0 Å². The minimum Gasteiger partial charge on any atom is -0.299 e. The molecule has 0 saturated carbocycles. The van der Waals surface area contributed by atoms with Gasteiger partial charge in [0.25, 0.3) is 0 Å². The third kappa shape index (κ3) is 2.06. The molecule has 0 saturated heterocycles. The van der Waals surface area contributed by atoms with E-state index < -0.39 is 0 Å². The number of benzene rings is 2. The predicted molar refractivity (Wildman–Crippen MR) is 76.5 cm³/mol. The van der Waals surface area contributed by atoms with Crippen LogP contribution in [0, 0.1) is 0 Å². The lowest BCUT2D eigenvalue weighted by Crippen LogP contribution is -2.30. The van der Waals surface area contributed by atoms with Gasteiger partial charge in [0, 0.05) is 13.1 Å². The molecular weight excluding hydrogens is 218 g/mol. The van der Waals surface area contributed by atoms with Crippen LogP contribution >= 0.6 is 0 Å². The topological polar surface area (TPSA) is 3.24 Å². The normalized spacial score (nSPS) is 15.4. The van der Waals surface area contributed by atoms with Crippen LogP contribution in [0.5, 0.6) is 0 Å². The van der Waals surface area contributed by atoms with Gasteiger partial charge < -0.3 is 0 Å². The highest BCUT2D eigenvalue weighted by atomic mass is 15.1. The van der Waals surface area contributed by atoms with Gasteiger partial charge in [-0.25, -0.2) is 0 Å². The maximum absolute atomic E-state index is 2.52. The van der Waals surface area contributed by atoms with Crippen molar-refractivity contribution in [2.45, 2.75) is 19.9 Å². The molecule has 0 aromatic heterocycles. The zero-order valence-corrected chi connectivity index (χ0v) is 10.9. The quantitative estimate of drug-likeness (QED) is 0.769. The van der Waals surface area contributed by atoms with Crippen LogP contribution in [-0.2, 0) is 13.0 Å². The first kappa shape index (κ1) is 11.5. The summed E-state index contributed by atoms with van der Waals surface area (Å²) >= 11 is 0. The Hall–Kier alpha value is -1.60. The van der Waals surface area contributed by atoms with Gasteiger partial charge in [-0.05, 0) is 35.2 Å². The van der Waals surface area contributed by atoms with E-state index in [1.54, 1.807) is 0 Å². The molecule has 0 spiro atoms. The Kier molecular flexibility index (Phi) is 3.16. The molecular formula is C17H19N. The van der Waals surface area contributed by atoms with E-state index in [2.05, 4.69) is 60.4 Å². The molecule has 1 nitrogen and oxygen atoms in total. The lowest BCUT2D eigenvalue weighted by Gasteiger charge is -2.29. The minimum atomic E-state index is 1.09. The standard InChI is InChI=1S/C17H19N/c1-2-18-12-11-15-9-6-10-16(17(15)13-18)14-7-4-3-5-8-14/h3-10H,2,11-13H2,1H3. The second-order valence-corrected chi connectivity index (χ2v) is 4.93.